The Hall–Kier alpha value is -1.31. The molecule has 0 radical (unpaired) electrons. The summed E-state index contributed by atoms with van der Waals surface area (Å²) in [7, 11) is 0. The van der Waals surface area contributed by atoms with Gasteiger partial charge in [0.1, 0.15) is 6.61 Å². The van der Waals surface area contributed by atoms with E-state index < -0.39 is 0 Å². The Bertz CT molecular complexity index is 317. The van der Waals surface area contributed by atoms with Crippen LogP contribution >= 0.6 is 0 Å². The lowest BCUT2D eigenvalue weighted by atomic mass is 9.99. The molecule has 0 aromatic heterocycles. The highest BCUT2D eigenvalue weighted by atomic mass is 16.5. The van der Waals surface area contributed by atoms with Crippen molar-refractivity contribution >= 4 is 5.97 Å². The Balaban J connectivity index is 2.35. The van der Waals surface area contributed by atoms with Crippen LogP contribution in [0.1, 0.15) is 32.8 Å². The average molecular weight is 220 g/mol. The van der Waals surface area contributed by atoms with Gasteiger partial charge in [0, 0.05) is 0 Å². The molecule has 1 aromatic carbocycles. The molecule has 0 unspecified atom stereocenters. The van der Waals surface area contributed by atoms with E-state index in [-0.39, 0.29) is 11.9 Å². The number of hydrogen-bond acceptors (Lipinski definition) is 2. The van der Waals surface area contributed by atoms with E-state index in [9.17, 15) is 4.79 Å². The molecule has 0 aliphatic heterocycles. The van der Waals surface area contributed by atoms with E-state index in [0.29, 0.717) is 12.5 Å². The summed E-state index contributed by atoms with van der Waals surface area (Å²) in [6, 6.07) is 9.76. The minimum absolute atomic E-state index is 0.0105. The molecule has 0 saturated carbocycles. The fourth-order valence-corrected chi connectivity index (χ4v) is 1.67. The van der Waals surface area contributed by atoms with Crippen molar-refractivity contribution in [2.24, 2.45) is 11.8 Å². The van der Waals surface area contributed by atoms with E-state index in [1.807, 2.05) is 37.3 Å². The third-order valence-corrected chi connectivity index (χ3v) is 2.45. The van der Waals surface area contributed by atoms with Crippen LogP contribution in [0.3, 0.4) is 0 Å². The fourth-order valence-electron chi connectivity index (χ4n) is 1.67. The van der Waals surface area contributed by atoms with Crippen LogP contribution in [-0.2, 0) is 16.1 Å². The first-order chi connectivity index (χ1) is 7.59. The van der Waals surface area contributed by atoms with Gasteiger partial charge in [0.25, 0.3) is 0 Å². The number of ether oxygens (including phenoxy) is 1. The SMILES string of the molecule is CC(C)C[C@H](C)C(=O)OCc1ccccc1. The van der Waals surface area contributed by atoms with Gasteiger partial charge in [-0.25, -0.2) is 0 Å². The maximum Gasteiger partial charge on any atom is 0.308 e. The van der Waals surface area contributed by atoms with Crippen molar-refractivity contribution in [1.29, 1.82) is 0 Å². The molecule has 2 heteroatoms. The summed E-state index contributed by atoms with van der Waals surface area (Å²) in [4.78, 5) is 11.6. The molecule has 0 bridgehead atoms. The van der Waals surface area contributed by atoms with E-state index in [0.717, 1.165) is 12.0 Å². The van der Waals surface area contributed by atoms with Crippen LogP contribution in [0.2, 0.25) is 0 Å². The highest BCUT2D eigenvalue weighted by molar-refractivity contribution is 5.71. The molecule has 2 nitrogen and oxygen atoms in total. The Labute approximate surface area is 97.6 Å². The van der Waals surface area contributed by atoms with Crippen molar-refractivity contribution in [3.63, 3.8) is 0 Å². The van der Waals surface area contributed by atoms with Gasteiger partial charge >= 0.3 is 5.97 Å². The minimum Gasteiger partial charge on any atom is -0.461 e. The topological polar surface area (TPSA) is 26.3 Å². The van der Waals surface area contributed by atoms with Crippen LogP contribution in [0.5, 0.6) is 0 Å². The maximum absolute atomic E-state index is 11.6. The van der Waals surface area contributed by atoms with E-state index in [2.05, 4.69) is 13.8 Å². The zero-order valence-corrected chi connectivity index (χ0v) is 10.3. The monoisotopic (exact) mass is 220 g/mol. The average Bonchev–Trinajstić information content (AvgIpc) is 2.26. The highest BCUT2D eigenvalue weighted by Crippen LogP contribution is 2.13. The molecule has 1 rings (SSSR count). The van der Waals surface area contributed by atoms with Crippen molar-refractivity contribution in [1.82, 2.24) is 0 Å². The third kappa shape index (κ3) is 4.47. The molecule has 0 saturated heterocycles. The van der Waals surface area contributed by atoms with Crippen molar-refractivity contribution in [3.05, 3.63) is 35.9 Å². The van der Waals surface area contributed by atoms with Crippen LogP contribution in [-0.4, -0.2) is 5.97 Å². The van der Waals surface area contributed by atoms with Gasteiger partial charge in [-0.05, 0) is 17.9 Å². The Morgan fingerprint density at radius 3 is 2.38 bits per heavy atom. The summed E-state index contributed by atoms with van der Waals surface area (Å²) >= 11 is 0. The standard InChI is InChI=1S/C14H20O2/c1-11(2)9-12(3)14(15)16-10-13-7-5-4-6-8-13/h4-8,11-12H,9-10H2,1-3H3/t12-/m0/s1. The molecule has 0 fully saturated rings. The number of benzene rings is 1. The normalized spacial score (nSPS) is 12.5. The first-order valence-corrected chi connectivity index (χ1v) is 5.80. The van der Waals surface area contributed by atoms with Crippen LogP contribution < -0.4 is 0 Å². The highest BCUT2D eigenvalue weighted by Gasteiger charge is 2.15. The van der Waals surface area contributed by atoms with E-state index in [1.54, 1.807) is 0 Å². The zero-order chi connectivity index (χ0) is 12.0. The third-order valence-electron chi connectivity index (χ3n) is 2.45. The maximum atomic E-state index is 11.6. The summed E-state index contributed by atoms with van der Waals surface area (Å²) in [5, 5.41) is 0. The Morgan fingerprint density at radius 1 is 1.19 bits per heavy atom. The summed E-state index contributed by atoms with van der Waals surface area (Å²) < 4.78 is 5.25. The lowest BCUT2D eigenvalue weighted by Gasteiger charge is -2.13. The number of rotatable bonds is 5. The molecular formula is C14H20O2. The molecule has 0 spiro atoms. The van der Waals surface area contributed by atoms with Crippen LogP contribution in [0, 0.1) is 11.8 Å². The molecule has 0 heterocycles. The minimum atomic E-state index is -0.0995. The zero-order valence-electron chi connectivity index (χ0n) is 10.3. The second-order valence-electron chi connectivity index (χ2n) is 4.62. The summed E-state index contributed by atoms with van der Waals surface area (Å²) in [6.45, 7) is 6.53. The quantitative estimate of drug-likeness (QED) is 0.711. The van der Waals surface area contributed by atoms with Gasteiger partial charge in [-0.1, -0.05) is 51.1 Å². The molecule has 0 N–H and O–H groups in total. The molecule has 1 aromatic rings. The van der Waals surface area contributed by atoms with Crippen LogP contribution in [0.15, 0.2) is 30.3 Å². The Morgan fingerprint density at radius 2 is 1.81 bits per heavy atom. The van der Waals surface area contributed by atoms with Gasteiger partial charge in [-0.3, -0.25) is 4.79 Å². The number of carbonyl (C=O) groups excluding carboxylic acids is 1. The predicted octanol–water partition coefficient (Wildman–Crippen LogP) is 3.41. The molecule has 0 amide bonds. The predicted molar refractivity (Wildman–Crippen MR) is 64.9 cm³/mol. The number of esters is 1. The van der Waals surface area contributed by atoms with Gasteiger partial charge in [-0.15, -0.1) is 0 Å². The summed E-state index contributed by atoms with van der Waals surface area (Å²) in [5.74, 6) is 0.417. The lowest BCUT2D eigenvalue weighted by Crippen LogP contribution is -2.16. The van der Waals surface area contributed by atoms with Gasteiger partial charge in [0.2, 0.25) is 0 Å². The smallest absolute Gasteiger partial charge is 0.308 e. The lowest BCUT2D eigenvalue weighted by molar-refractivity contribution is -0.149. The molecule has 1 atom stereocenters. The molecule has 0 aliphatic carbocycles. The first-order valence-electron chi connectivity index (χ1n) is 5.80. The van der Waals surface area contributed by atoms with Gasteiger partial charge in [0.15, 0.2) is 0 Å². The van der Waals surface area contributed by atoms with Gasteiger partial charge in [-0.2, -0.15) is 0 Å². The Kier molecular flexibility index (Phi) is 5.03. The molecule has 88 valence electrons. The van der Waals surface area contributed by atoms with E-state index in [1.165, 1.54) is 0 Å². The van der Waals surface area contributed by atoms with Gasteiger partial charge < -0.3 is 4.74 Å². The van der Waals surface area contributed by atoms with Crippen molar-refractivity contribution < 1.29 is 9.53 Å². The van der Waals surface area contributed by atoms with E-state index >= 15 is 0 Å². The van der Waals surface area contributed by atoms with Crippen LogP contribution in [0.4, 0.5) is 0 Å². The van der Waals surface area contributed by atoms with Crippen molar-refractivity contribution in [2.45, 2.75) is 33.8 Å². The summed E-state index contributed by atoms with van der Waals surface area (Å²) in [5.41, 5.74) is 1.03. The van der Waals surface area contributed by atoms with E-state index in [4.69, 9.17) is 4.74 Å². The molecule has 0 aliphatic rings. The molecule has 16 heavy (non-hydrogen) atoms. The second-order valence-corrected chi connectivity index (χ2v) is 4.62. The van der Waals surface area contributed by atoms with Crippen molar-refractivity contribution in [3.8, 4) is 0 Å². The van der Waals surface area contributed by atoms with Crippen LogP contribution in [0.25, 0.3) is 0 Å². The second kappa shape index (κ2) is 6.31. The summed E-state index contributed by atoms with van der Waals surface area (Å²) in [6.07, 6.45) is 0.883. The van der Waals surface area contributed by atoms with Crippen molar-refractivity contribution in [2.75, 3.05) is 0 Å². The fraction of sp³-hybridized carbons (Fsp3) is 0.500. The number of carbonyl (C=O) groups is 1. The first kappa shape index (κ1) is 12.8. The molecular weight excluding hydrogens is 200 g/mol. The van der Waals surface area contributed by atoms with Gasteiger partial charge in [0.05, 0.1) is 5.92 Å². The largest absolute Gasteiger partial charge is 0.461 e. The number of hydrogen-bond donors (Lipinski definition) is 0.